The number of nitrogens with zero attached hydrogens (tertiary/aromatic N) is 3. The zero-order chi connectivity index (χ0) is 24.1. The minimum Gasteiger partial charge on any atom is -0.493 e. The Morgan fingerprint density at radius 2 is 1.97 bits per heavy atom. The highest BCUT2D eigenvalue weighted by atomic mass is 35.5. The lowest BCUT2D eigenvalue weighted by Gasteiger charge is -2.31. The predicted molar refractivity (Wildman–Crippen MR) is 129 cm³/mol. The Kier molecular flexibility index (Phi) is 7.70. The molecule has 0 aliphatic carbocycles. The molecule has 0 radical (unpaired) electrons. The number of nitrogens with one attached hydrogen (secondary N) is 1. The minimum atomic E-state index is -0.152. The number of hydrogen-bond acceptors (Lipinski definition) is 7. The first-order valence-electron chi connectivity index (χ1n) is 11.3. The normalized spacial score (nSPS) is 17.2. The fourth-order valence-corrected chi connectivity index (χ4v) is 4.30. The van der Waals surface area contributed by atoms with Crippen LogP contribution in [-0.2, 0) is 11.3 Å². The molecule has 34 heavy (non-hydrogen) atoms. The second-order valence-electron chi connectivity index (χ2n) is 8.44. The van der Waals surface area contributed by atoms with Crippen molar-refractivity contribution in [3.63, 3.8) is 0 Å². The SMILES string of the molecule is COc1ccc(C(C)NC(=O)C2CCCN(Cc3nc(-c4ccc(Cl)cc4)no3)C2)cc1OC. The van der Waals surface area contributed by atoms with Gasteiger partial charge in [0.25, 0.3) is 0 Å². The first kappa shape index (κ1) is 24.0. The van der Waals surface area contributed by atoms with E-state index >= 15 is 0 Å². The van der Waals surface area contributed by atoms with Gasteiger partial charge in [-0.2, -0.15) is 4.98 Å². The molecule has 8 nitrogen and oxygen atoms in total. The number of likely N-dealkylation sites (tertiary alicyclic amines) is 1. The highest BCUT2D eigenvalue weighted by Gasteiger charge is 2.28. The largest absolute Gasteiger partial charge is 0.493 e. The molecule has 3 aromatic rings. The summed E-state index contributed by atoms with van der Waals surface area (Å²) < 4.78 is 16.1. The van der Waals surface area contributed by atoms with Crippen molar-refractivity contribution in [1.82, 2.24) is 20.4 Å². The zero-order valence-corrected chi connectivity index (χ0v) is 20.3. The Hall–Kier alpha value is -3.10. The summed E-state index contributed by atoms with van der Waals surface area (Å²) in [6.07, 6.45) is 1.78. The standard InChI is InChI=1S/C25H29ClN4O4/c1-16(18-8-11-21(32-2)22(13-18)33-3)27-25(31)19-5-4-12-30(14-19)15-23-28-24(29-34-23)17-6-9-20(26)10-7-17/h6-11,13,16,19H,4-5,12,14-15H2,1-3H3,(H,27,31). The monoisotopic (exact) mass is 484 g/mol. The Bertz CT molecular complexity index is 1120. The lowest BCUT2D eigenvalue weighted by Crippen LogP contribution is -2.43. The van der Waals surface area contributed by atoms with Crippen LogP contribution in [0.5, 0.6) is 11.5 Å². The second kappa shape index (κ2) is 10.9. The summed E-state index contributed by atoms with van der Waals surface area (Å²) in [6.45, 7) is 4.00. The number of carbonyl (C=O) groups is 1. The second-order valence-corrected chi connectivity index (χ2v) is 8.87. The van der Waals surface area contributed by atoms with E-state index in [1.807, 2.05) is 37.3 Å². The summed E-state index contributed by atoms with van der Waals surface area (Å²) >= 11 is 5.95. The van der Waals surface area contributed by atoms with Gasteiger partial charge in [-0.25, -0.2) is 0 Å². The molecule has 4 rings (SSSR count). The number of halogens is 1. The Morgan fingerprint density at radius 1 is 1.21 bits per heavy atom. The number of piperidine rings is 1. The summed E-state index contributed by atoms with van der Waals surface area (Å²) in [5.41, 5.74) is 1.80. The minimum absolute atomic E-state index is 0.0411. The maximum absolute atomic E-state index is 13.0. The van der Waals surface area contributed by atoms with Gasteiger partial charge in [0.05, 0.1) is 32.7 Å². The van der Waals surface area contributed by atoms with E-state index in [9.17, 15) is 4.79 Å². The van der Waals surface area contributed by atoms with Crippen LogP contribution in [0.4, 0.5) is 0 Å². The fraction of sp³-hybridized carbons (Fsp3) is 0.400. The molecule has 1 aliphatic heterocycles. The van der Waals surface area contributed by atoms with E-state index in [-0.39, 0.29) is 17.9 Å². The van der Waals surface area contributed by atoms with Gasteiger partial charge in [0.2, 0.25) is 17.6 Å². The van der Waals surface area contributed by atoms with Crippen molar-refractivity contribution >= 4 is 17.5 Å². The molecule has 1 N–H and O–H groups in total. The molecule has 2 atom stereocenters. The summed E-state index contributed by atoms with van der Waals surface area (Å²) in [5.74, 6) is 2.30. The van der Waals surface area contributed by atoms with Gasteiger partial charge in [-0.05, 0) is 68.3 Å². The van der Waals surface area contributed by atoms with Gasteiger partial charge >= 0.3 is 0 Å². The number of methoxy groups -OCH3 is 2. The molecule has 9 heteroatoms. The lowest BCUT2D eigenvalue weighted by atomic mass is 9.96. The quantitative estimate of drug-likeness (QED) is 0.503. The first-order valence-corrected chi connectivity index (χ1v) is 11.7. The number of rotatable bonds is 8. The predicted octanol–water partition coefficient (Wildman–Crippen LogP) is 4.50. The highest BCUT2D eigenvalue weighted by molar-refractivity contribution is 6.30. The molecule has 180 valence electrons. The molecule has 1 amide bonds. The maximum Gasteiger partial charge on any atom is 0.241 e. The molecule has 0 bridgehead atoms. The van der Waals surface area contributed by atoms with Crippen molar-refractivity contribution < 1.29 is 18.8 Å². The lowest BCUT2D eigenvalue weighted by molar-refractivity contribution is -0.127. The van der Waals surface area contributed by atoms with Crippen LogP contribution in [0.15, 0.2) is 47.0 Å². The molecular weight excluding hydrogens is 456 g/mol. The van der Waals surface area contributed by atoms with Crippen molar-refractivity contribution in [2.45, 2.75) is 32.4 Å². The van der Waals surface area contributed by atoms with Crippen LogP contribution in [0.3, 0.4) is 0 Å². The Balaban J connectivity index is 1.34. The molecule has 2 heterocycles. The van der Waals surface area contributed by atoms with E-state index in [4.69, 9.17) is 25.6 Å². The summed E-state index contributed by atoms with van der Waals surface area (Å²) in [4.78, 5) is 19.7. The summed E-state index contributed by atoms with van der Waals surface area (Å²) in [6, 6.07) is 12.8. The Labute approximate surface area is 204 Å². The van der Waals surface area contributed by atoms with Crippen molar-refractivity contribution in [2.75, 3.05) is 27.3 Å². The van der Waals surface area contributed by atoms with Crippen LogP contribution in [0.1, 0.15) is 37.3 Å². The van der Waals surface area contributed by atoms with Gasteiger partial charge in [-0.1, -0.05) is 22.8 Å². The van der Waals surface area contributed by atoms with Crippen LogP contribution in [0, 0.1) is 5.92 Å². The number of carbonyl (C=O) groups excluding carboxylic acids is 1. The van der Waals surface area contributed by atoms with Crippen molar-refractivity contribution in [3.05, 3.63) is 58.9 Å². The van der Waals surface area contributed by atoms with Gasteiger partial charge in [-0.15, -0.1) is 0 Å². The Morgan fingerprint density at radius 3 is 2.71 bits per heavy atom. The van der Waals surface area contributed by atoms with Gasteiger partial charge in [0.15, 0.2) is 11.5 Å². The van der Waals surface area contributed by atoms with Crippen molar-refractivity contribution in [3.8, 4) is 22.9 Å². The average molecular weight is 485 g/mol. The molecule has 2 unspecified atom stereocenters. The molecule has 1 aliphatic rings. The molecule has 1 fully saturated rings. The average Bonchev–Trinajstić information content (AvgIpc) is 3.32. The third kappa shape index (κ3) is 5.69. The molecular formula is C25H29ClN4O4. The van der Waals surface area contributed by atoms with Crippen LogP contribution in [0.25, 0.3) is 11.4 Å². The zero-order valence-electron chi connectivity index (χ0n) is 19.6. The van der Waals surface area contributed by atoms with Gasteiger partial charge in [-0.3, -0.25) is 9.69 Å². The van der Waals surface area contributed by atoms with Crippen molar-refractivity contribution in [1.29, 1.82) is 0 Å². The number of ether oxygens (including phenoxy) is 2. The third-order valence-corrected chi connectivity index (χ3v) is 6.32. The smallest absolute Gasteiger partial charge is 0.241 e. The van der Waals surface area contributed by atoms with E-state index in [1.165, 1.54) is 0 Å². The number of aromatic nitrogens is 2. The molecule has 0 saturated carbocycles. The van der Waals surface area contributed by atoms with Crippen LogP contribution < -0.4 is 14.8 Å². The van der Waals surface area contributed by atoms with E-state index in [0.29, 0.717) is 41.3 Å². The number of benzene rings is 2. The topological polar surface area (TPSA) is 89.7 Å². The molecule has 0 spiro atoms. The molecule has 1 saturated heterocycles. The molecule has 2 aromatic carbocycles. The van der Waals surface area contributed by atoms with Gasteiger partial charge in [0.1, 0.15) is 0 Å². The van der Waals surface area contributed by atoms with Crippen LogP contribution >= 0.6 is 11.6 Å². The number of amides is 1. The molecule has 1 aromatic heterocycles. The van der Waals surface area contributed by atoms with Gasteiger partial charge < -0.3 is 19.3 Å². The van der Waals surface area contributed by atoms with Gasteiger partial charge in [0, 0.05) is 17.1 Å². The highest BCUT2D eigenvalue weighted by Crippen LogP contribution is 2.30. The number of hydrogen-bond donors (Lipinski definition) is 1. The first-order chi connectivity index (χ1) is 16.5. The van der Waals surface area contributed by atoms with Crippen LogP contribution in [-0.4, -0.2) is 48.3 Å². The van der Waals surface area contributed by atoms with E-state index < -0.39 is 0 Å². The van der Waals surface area contributed by atoms with E-state index in [1.54, 1.807) is 26.4 Å². The van der Waals surface area contributed by atoms with E-state index in [2.05, 4.69) is 20.4 Å². The summed E-state index contributed by atoms with van der Waals surface area (Å²) in [7, 11) is 3.20. The summed E-state index contributed by atoms with van der Waals surface area (Å²) in [5, 5.41) is 7.88. The maximum atomic E-state index is 13.0. The van der Waals surface area contributed by atoms with Crippen molar-refractivity contribution in [2.24, 2.45) is 5.92 Å². The fourth-order valence-electron chi connectivity index (χ4n) is 4.18. The van der Waals surface area contributed by atoms with Crippen LogP contribution in [0.2, 0.25) is 5.02 Å². The van der Waals surface area contributed by atoms with E-state index in [0.717, 1.165) is 30.5 Å². The third-order valence-electron chi connectivity index (χ3n) is 6.07.